The fourth-order valence-electron chi connectivity index (χ4n) is 0.769. The molecule has 0 aromatic heterocycles. The van der Waals surface area contributed by atoms with Gasteiger partial charge in [0, 0.05) is 0 Å². The largest absolute Gasteiger partial charge is 0.503 e. The second-order valence-electron chi connectivity index (χ2n) is 2.21. The Morgan fingerprint density at radius 3 is 2.14 bits per heavy atom. The Morgan fingerprint density at radius 1 is 1.21 bits per heavy atom. The summed E-state index contributed by atoms with van der Waals surface area (Å²) < 4.78 is 38.1. The summed E-state index contributed by atoms with van der Waals surface area (Å²) in [5.41, 5.74) is -1.69. The van der Waals surface area contributed by atoms with Crippen LogP contribution in [0.4, 0.5) is 18.9 Å². The van der Waals surface area contributed by atoms with Crippen LogP contribution in [0.2, 0.25) is 5.02 Å². The van der Waals surface area contributed by atoms with Crippen LogP contribution in [0.15, 0.2) is 0 Å². The van der Waals surface area contributed by atoms with Crippen LogP contribution in [-0.2, 0) is 0 Å². The van der Waals surface area contributed by atoms with Gasteiger partial charge in [0.15, 0.2) is 11.6 Å². The number of nitro benzene ring substituents is 1. The molecule has 1 aromatic rings. The topological polar surface area (TPSA) is 63.4 Å². The molecule has 0 heterocycles. The van der Waals surface area contributed by atoms with Gasteiger partial charge in [-0.05, 0) is 0 Å². The van der Waals surface area contributed by atoms with Crippen molar-refractivity contribution in [1.82, 2.24) is 0 Å². The van der Waals surface area contributed by atoms with Gasteiger partial charge < -0.3 is 5.11 Å². The molecule has 1 aromatic carbocycles. The highest BCUT2D eigenvalue weighted by Crippen LogP contribution is 2.36. The van der Waals surface area contributed by atoms with E-state index in [2.05, 4.69) is 0 Å². The summed E-state index contributed by atoms with van der Waals surface area (Å²) in [5, 5.41) is 17.4. The summed E-state index contributed by atoms with van der Waals surface area (Å²) in [4.78, 5) is 8.64. The van der Waals surface area contributed by atoms with Crippen molar-refractivity contribution in [2.24, 2.45) is 0 Å². The third kappa shape index (κ3) is 1.35. The highest BCUT2D eigenvalue weighted by Gasteiger charge is 2.31. The molecule has 0 saturated carbocycles. The normalized spacial score (nSPS) is 10.3. The standard InChI is InChI=1S/C6HClF3NO3/c7-1-2(8)5(11(13)14)4(10)6(12)3(1)9/h12H. The van der Waals surface area contributed by atoms with Crippen molar-refractivity contribution in [2.45, 2.75) is 0 Å². The van der Waals surface area contributed by atoms with E-state index in [1.165, 1.54) is 0 Å². The molecular weight excluding hydrogens is 227 g/mol. The summed E-state index contributed by atoms with van der Waals surface area (Å²) in [6, 6.07) is 0. The predicted molar refractivity (Wildman–Crippen MR) is 39.6 cm³/mol. The second kappa shape index (κ2) is 3.33. The van der Waals surface area contributed by atoms with Gasteiger partial charge in [-0.2, -0.15) is 8.78 Å². The Balaban J connectivity index is 3.68. The Labute approximate surface area is 79.7 Å². The van der Waals surface area contributed by atoms with Gasteiger partial charge in [0.25, 0.3) is 0 Å². The Hall–Kier alpha value is -1.50. The maximum absolute atomic E-state index is 12.8. The molecule has 0 aliphatic carbocycles. The molecule has 0 atom stereocenters. The maximum Gasteiger partial charge on any atom is 0.345 e. The number of benzene rings is 1. The zero-order valence-corrected chi connectivity index (χ0v) is 6.98. The lowest BCUT2D eigenvalue weighted by molar-refractivity contribution is -0.390. The molecule has 0 fully saturated rings. The molecule has 0 amide bonds. The summed E-state index contributed by atoms with van der Waals surface area (Å²) in [5.74, 6) is -7.30. The molecule has 1 N–H and O–H groups in total. The molecule has 0 bridgehead atoms. The molecule has 0 spiro atoms. The molecule has 8 heteroatoms. The van der Waals surface area contributed by atoms with Gasteiger partial charge in [0.05, 0.1) is 4.92 Å². The third-order valence-corrected chi connectivity index (χ3v) is 1.73. The van der Waals surface area contributed by atoms with Crippen LogP contribution in [-0.4, -0.2) is 10.0 Å². The zero-order chi connectivity index (χ0) is 11.0. The Kier molecular flexibility index (Phi) is 2.52. The van der Waals surface area contributed by atoms with E-state index in [1.54, 1.807) is 0 Å². The van der Waals surface area contributed by atoms with Crippen molar-refractivity contribution in [3.63, 3.8) is 0 Å². The second-order valence-corrected chi connectivity index (χ2v) is 2.59. The fourth-order valence-corrected chi connectivity index (χ4v) is 0.948. The smallest absolute Gasteiger partial charge is 0.345 e. The number of halogens is 4. The van der Waals surface area contributed by atoms with E-state index < -0.39 is 38.8 Å². The van der Waals surface area contributed by atoms with Crippen LogP contribution >= 0.6 is 11.6 Å². The SMILES string of the molecule is O=[N+]([O-])c1c(F)c(O)c(F)c(Cl)c1F. The Bertz CT molecular complexity index is 394. The van der Waals surface area contributed by atoms with Gasteiger partial charge in [-0.3, -0.25) is 10.1 Å². The quantitative estimate of drug-likeness (QED) is 0.347. The number of nitro groups is 1. The molecule has 0 aliphatic heterocycles. The minimum absolute atomic E-state index is 1.32. The van der Waals surface area contributed by atoms with Gasteiger partial charge in [-0.15, -0.1) is 0 Å². The number of aromatic hydroxyl groups is 1. The van der Waals surface area contributed by atoms with Crippen LogP contribution in [0.25, 0.3) is 0 Å². The van der Waals surface area contributed by atoms with Gasteiger partial charge in [0.2, 0.25) is 11.6 Å². The molecule has 1 rings (SSSR count). The van der Waals surface area contributed by atoms with Crippen molar-refractivity contribution < 1.29 is 23.2 Å². The van der Waals surface area contributed by atoms with Crippen LogP contribution in [0, 0.1) is 27.6 Å². The summed E-state index contributed by atoms with van der Waals surface area (Å²) in [6.07, 6.45) is 0. The van der Waals surface area contributed by atoms with Crippen molar-refractivity contribution in [3.05, 3.63) is 32.6 Å². The average Bonchev–Trinajstić information content (AvgIpc) is 2.11. The van der Waals surface area contributed by atoms with Crippen LogP contribution < -0.4 is 0 Å². The number of hydrogen-bond donors (Lipinski definition) is 1. The first-order valence-corrected chi connectivity index (χ1v) is 3.45. The number of hydrogen-bond acceptors (Lipinski definition) is 3. The molecular formula is C6HClF3NO3. The van der Waals surface area contributed by atoms with Gasteiger partial charge in [0.1, 0.15) is 5.02 Å². The van der Waals surface area contributed by atoms with E-state index in [9.17, 15) is 23.3 Å². The lowest BCUT2D eigenvalue weighted by atomic mass is 10.2. The van der Waals surface area contributed by atoms with Crippen LogP contribution in [0.5, 0.6) is 5.75 Å². The van der Waals surface area contributed by atoms with E-state index in [0.717, 1.165) is 0 Å². The summed E-state index contributed by atoms with van der Waals surface area (Å²) >= 11 is 4.92. The first kappa shape index (κ1) is 10.6. The van der Waals surface area contributed by atoms with Gasteiger partial charge in [-0.25, -0.2) is 4.39 Å². The molecule has 0 unspecified atom stereocenters. The van der Waals surface area contributed by atoms with Crippen molar-refractivity contribution in [3.8, 4) is 5.75 Å². The van der Waals surface area contributed by atoms with E-state index in [4.69, 9.17) is 16.7 Å². The minimum Gasteiger partial charge on any atom is -0.503 e. The Morgan fingerprint density at radius 2 is 1.71 bits per heavy atom. The van der Waals surface area contributed by atoms with E-state index in [-0.39, 0.29) is 0 Å². The molecule has 0 saturated heterocycles. The molecule has 0 radical (unpaired) electrons. The average molecular weight is 228 g/mol. The zero-order valence-electron chi connectivity index (χ0n) is 6.22. The van der Waals surface area contributed by atoms with Gasteiger partial charge >= 0.3 is 5.69 Å². The molecule has 14 heavy (non-hydrogen) atoms. The maximum atomic E-state index is 12.8. The minimum atomic E-state index is -1.99. The summed E-state index contributed by atoms with van der Waals surface area (Å²) in [7, 11) is 0. The van der Waals surface area contributed by atoms with E-state index in [1.807, 2.05) is 0 Å². The monoisotopic (exact) mass is 227 g/mol. The first-order chi connectivity index (χ1) is 6.37. The van der Waals surface area contributed by atoms with E-state index >= 15 is 0 Å². The van der Waals surface area contributed by atoms with Crippen LogP contribution in [0.3, 0.4) is 0 Å². The van der Waals surface area contributed by atoms with Crippen LogP contribution in [0.1, 0.15) is 0 Å². The third-order valence-electron chi connectivity index (χ3n) is 1.40. The number of phenolic OH excluding ortho intramolecular Hbond substituents is 1. The highest BCUT2D eigenvalue weighted by molar-refractivity contribution is 6.31. The van der Waals surface area contributed by atoms with Crippen molar-refractivity contribution >= 4 is 17.3 Å². The molecule has 76 valence electrons. The highest BCUT2D eigenvalue weighted by atomic mass is 35.5. The molecule has 0 aliphatic rings. The number of rotatable bonds is 1. The van der Waals surface area contributed by atoms with Crippen molar-refractivity contribution in [1.29, 1.82) is 0 Å². The van der Waals surface area contributed by atoms with E-state index in [0.29, 0.717) is 0 Å². The predicted octanol–water partition coefficient (Wildman–Crippen LogP) is 2.37. The van der Waals surface area contributed by atoms with Gasteiger partial charge in [-0.1, -0.05) is 11.6 Å². The summed E-state index contributed by atoms with van der Waals surface area (Å²) in [6.45, 7) is 0. The lowest BCUT2D eigenvalue weighted by Gasteiger charge is -2.02. The van der Waals surface area contributed by atoms with Crippen molar-refractivity contribution in [2.75, 3.05) is 0 Å². The number of phenols is 1. The first-order valence-electron chi connectivity index (χ1n) is 3.07. The number of nitrogens with zero attached hydrogens (tertiary/aromatic N) is 1. The lowest BCUT2D eigenvalue weighted by Crippen LogP contribution is -2.00. The fraction of sp³-hybridized carbons (Fsp3) is 0. The molecule has 4 nitrogen and oxygen atoms in total.